The molecule has 0 unspecified atom stereocenters. The number of hydrogen-bond acceptors (Lipinski definition) is 12. The SMILES string of the molecule is CCCCCCCCn1c(=O)c2c(nc(-c3cc(-c4nc5c(c(=O)n(C)c(=O)n5C)n4C)c4ccc5c(-c6nc7c(c(=O)n(CCCCCCCC)c(=O)n7C)n6C)cc(-c6nc7c(c(=O)n(CCCCCCCC)c(=O)n7C)n6C)c6ccc3c4c56)n2C)n(C)c1=O. The zero-order valence-electron chi connectivity index (χ0n) is 55.7. The molecule has 0 amide bonds. The maximum atomic E-state index is 14.8. The van der Waals surface area contributed by atoms with Gasteiger partial charge < -0.3 is 18.3 Å². The molecule has 488 valence electrons. The van der Waals surface area contributed by atoms with Crippen molar-refractivity contribution in [3.8, 4) is 45.6 Å². The van der Waals surface area contributed by atoms with Gasteiger partial charge in [-0.05, 0) is 63.7 Å². The molecule has 12 aromatic rings. The fraction of sp³-hybridized carbons (Fsp3) is 0.478. The molecule has 93 heavy (non-hydrogen) atoms. The predicted octanol–water partition coefficient (Wildman–Crippen LogP) is 8.86. The van der Waals surface area contributed by atoms with E-state index in [-0.39, 0.29) is 64.3 Å². The summed E-state index contributed by atoms with van der Waals surface area (Å²) in [7, 11) is 14.9. The van der Waals surface area contributed by atoms with Gasteiger partial charge in [-0.15, -0.1) is 0 Å². The maximum Gasteiger partial charge on any atom is 0.332 e. The van der Waals surface area contributed by atoms with Gasteiger partial charge in [-0.2, -0.15) is 0 Å². The zero-order chi connectivity index (χ0) is 66.2. The van der Waals surface area contributed by atoms with Crippen molar-refractivity contribution >= 4 is 77.0 Å². The van der Waals surface area contributed by atoms with E-state index in [1.807, 2.05) is 36.4 Å². The minimum absolute atomic E-state index is 0.158. The normalized spacial score (nSPS) is 12.3. The Bertz CT molecular complexity index is 5360. The molecule has 0 saturated carbocycles. The van der Waals surface area contributed by atoms with E-state index in [1.165, 1.54) is 39.0 Å². The molecule has 0 N–H and O–H groups in total. The molecule has 0 atom stereocenters. The third-order valence-corrected chi connectivity index (χ3v) is 19.6. The molecule has 4 aromatic carbocycles. The van der Waals surface area contributed by atoms with Crippen molar-refractivity contribution in [1.82, 2.24) is 74.7 Å². The van der Waals surface area contributed by atoms with Crippen LogP contribution in [0.5, 0.6) is 0 Å². The van der Waals surface area contributed by atoms with Gasteiger partial charge in [-0.25, -0.2) is 39.1 Å². The van der Waals surface area contributed by atoms with E-state index in [1.54, 1.807) is 74.6 Å². The van der Waals surface area contributed by atoms with E-state index in [2.05, 4.69) is 20.8 Å². The molecule has 0 bridgehead atoms. The van der Waals surface area contributed by atoms with Gasteiger partial charge >= 0.3 is 22.8 Å². The van der Waals surface area contributed by atoms with Crippen LogP contribution in [-0.4, -0.2) is 74.7 Å². The molecule has 0 aliphatic heterocycles. The lowest BCUT2D eigenvalue weighted by Crippen LogP contribution is -2.39. The lowest BCUT2D eigenvalue weighted by atomic mass is 9.85. The molecule has 24 nitrogen and oxygen atoms in total. The summed E-state index contributed by atoms with van der Waals surface area (Å²) in [5.41, 5.74) is -0.223. The van der Waals surface area contributed by atoms with Crippen LogP contribution in [0.1, 0.15) is 136 Å². The van der Waals surface area contributed by atoms with Crippen molar-refractivity contribution in [2.45, 2.75) is 156 Å². The summed E-state index contributed by atoms with van der Waals surface area (Å²) in [6.07, 6.45) is 17.4. The second-order valence-corrected chi connectivity index (χ2v) is 25.6. The average molecular weight is 1270 g/mol. The van der Waals surface area contributed by atoms with E-state index in [9.17, 15) is 38.4 Å². The van der Waals surface area contributed by atoms with E-state index >= 15 is 0 Å². The van der Waals surface area contributed by atoms with Crippen molar-refractivity contribution in [1.29, 1.82) is 0 Å². The van der Waals surface area contributed by atoms with E-state index in [0.717, 1.165) is 101 Å². The number of aromatic nitrogens is 16. The minimum atomic E-state index is -0.557. The van der Waals surface area contributed by atoms with Crippen LogP contribution in [0.25, 0.3) is 123 Å². The Morgan fingerprint density at radius 3 is 0.785 bits per heavy atom. The second kappa shape index (κ2) is 25.2. The minimum Gasteiger partial charge on any atom is -0.321 e. The van der Waals surface area contributed by atoms with Gasteiger partial charge in [-0.1, -0.05) is 141 Å². The van der Waals surface area contributed by atoms with Gasteiger partial charge in [0.1, 0.15) is 23.3 Å². The summed E-state index contributed by atoms with van der Waals surface area (Å²) < 4.78 is 17.4. The fourth-order valence-electron chi connectivity index (χ4n) is 14.3. The smallest absolute Gasteiger partial charge is 0.321 e. The molecule has 0 fully saturated rings. The summed E-state index contributed by atoms with van der Waals surface area (Å²) in [5.74, 6) is 1.37. The number of imidazole rings is 4. The summed E-state index contributed by atoms with van der Waals surface area (Å²) in [5, 5.41) is 4.03. The Balaban J connectivity index is 1.18. The average Bonchev–Trinajstić information content (AvgIpc) is 1.69. The van der Waals surface area contributed by atoms with Crippen LogP contribution in [-0.2, 0) is 83.1 Å². The van der Waals surface area contributed by atoms with Gasteiger partial charge in [0.05, 0.1) is 0 Å². The topological polar surface area (TPSA) is 247 Å². The van der Waals surface area contributed by atoms with Crippen LogP contribution in [0, 0.1) is 0 Å². The fourth-order valence-corrected chi connectivity index (χ4v) is 14.3. The predicted molar refractivity (Wildman–Crippen MR) is 368 cm³/mol. The Kier molecular flexibility index (Phi) is 17.2. The summed E-state index contributed by atoms with van der Waals surface area (Å²) in [6, 6.07) is 11.7. The standard InChI is InChI=1S/C69H84N16O8/c1-13-16-19-22-25-28-35-83-63(87)51-59(79(9)67(83)91)71-55(75(51)5)45-38-44(54-70-58-50(74(54)4)62(86)82(12)66(90)78(58)8)40-31-32-42-46(56-72-60-52(76(56)6)64(88)84(68(92)80(60)10)36-29-26-23-20-17-14-2)39-47(43-34-33-41(45)48(40)49(42)43)57-73-61-53(77(57)7)65(89)85(69(93)81(61)11)37-30-27-24-21-18-15-3/h31-34,38-39H,13-30,35-37H2,1-12H3. The molecule has 0 aliphatic carbocycles. The first kappa shape index (κ1) is 63.7. The highest BCUT2D eigenvalue weighted by molar-refractivity contribution is 6.31. The lowest BCUT2D eigenvalue weighted by Gasteiger charge is -2.20. The first-order chi connectivity index (χ1) is 44.7. The Morgan fingerprint density at radius 1 is 0.280 bits per heavy atom. The number of aryl methyl sites for hydroxylation is 8. The third kappa shape index (κ3) is 10.2. The largest absolute Gasteiger partial charge is 0.332 e. The lowest BCUT2D eigenvalue weighted by molar-refractivity contribution is 0.526. The number of hydrogen-bond donors (Lipinski definition) is 0. The Labute approximate surface area is 534 Å². The first-order valence-corrected chi connectivity index (χ1v) is 33.1. The summed E-state index contributed by atoms with van der Waals surface area (Å²) in [6.45, 7) is 7.20. The van der Waals surface area contributed by atoms with Crippen molar-refractivity contribution in [3.63, 3.8) is 0 Å². The van der Waals surface area contributed by atoms with Crippen LogP contribution < -0.4 is 45.0 Å². The zero-order valence-corrected chi connectivity index (χ0v) is 55.7. The van der Waals surface area contributed by atoms with Gasteiger partial charge in [-0.3, -0.25) is 55.7 Å². The first-order valence-electron chi connectivity index (χ1n) is 33.1. The number of benzene rings is 4. The molecule has 24 heteroatoms. The van der Waals surface area contributed by atoms with Gasteiger partial charge in [0.2, 0.25) is 0 Å². The quantitative estimate of drug-likeness (QED) is 0.0385. The molecule has 0 aliphatic rings. The van der Waals surface area contributed by atoms with E-state index < -0.39 is 45.0 Å². The molecule has 0 radical (unpaired) electrons. The summed E-state index contributed by atoms with van der Waals surface area (Å²) in [4.78, 5) is 136. The number of unbranched alkanes of at least 4 members (excludes halogenated alkanes) is 15. The van der Waals surface area contributed by atoms with Crippen molar-refractivity contribution in [2.75, 3.05) is 0 Å². The third-order valence-electron chi connectivity index (χ3n) is 19.6. The molecular formula is C69H84N16O8. The van der Waals surface area contributed by atoms with Crippen LogP contribution in [0.15, 0.2) is 74.8 Å². The van der Waals surface area contributed by atoms with Gasteiger partial charge in [0.25, 0.3) is 22.2 Å². The molecular weight excluding hydrogens is 1180 g/mol. The highest BCUT2D eigenvalue weighted by atomic mass is 16.2. The van der Waals surface area contributed by atoms with Crippen LogP contribution in [0.3, 0.4) is 0 Å². The van der Waals surface area contributed by atoms with E-state index in [0.29, 0.717) is 97.1 Å². The molecule has 12 rings (SSSR count). The van der Waals surface area contributed by atoms with Crippen molar-refractivity contribution < 1.29 is 0 Å². The van der Waals surface area contributed by atoms with Gasteiger partial charge in [0.15, 0.2) is 44.7 Å². The highest BCUT2D eigenvalue weighted by Gasteiger charge is 2.31. The van der Waals surface area contributed by atoms with Crippen LogP contribution >= 0.6 is 0 Å². The number of rotatable bonds is 25. The van der Waals surface area contributed by atoms with Crippen LogP contribution in [0.4, 0.5) is 0 Å². The molecule has 8 aromatic heterocycles. The van der Waals surface area contributed by atoms with Crippen molar-refractivity contribution in [3.05, 3.63) is 120 Å². The molecule has 8 heterocycles. The van der Waals surface area contributed by atoms with Gasteiger partial charge in [0, 0.05) is 105 Å². The second-order valence-electron chi connectivity index (χ2n) is 25.6. The van der Waals surface area contributed by atoms with E-state index in [4.69, 9.17) is 19.9 Å². The molecule has 0 saturated heterocycles. The number of fused-ring (bicyclic) bond motifs is 4. The number of nitrogens with zero attached hydrogens (tertiary/aromatic N) is 16. The maximum absolute atomic E-state index is 14.8. The Hall–Kier alpha value is -9.48. The monoisotopic (exact) mass is 1260 g/mol. The van der Waals surface area contributed by atoms with Crippen molar-refractivity contribution in [2.24, 2.45) is 63.4 Å². The van der Waals surface area contributed by atoms with Crippen LogP contribution in [0.2, 0.25) is 0 Å². The Morgan fingerprint density at radius 2 is 0.516 bits per heavy atom. The highest BCUT2D eigenvalue weighted by Crippen LogP contribution is 2.48. The molecule has 0 spiro atoms. The summed E-state index contributed by atoms with van der Waals surface area (Å²) >= 11 is 0.